The third-order valence-electron chi connectivity index (χ3n) is 6.48. The number of carbonyl (C=O) groups excluding carboxylic acids is 2. The number of benzene rings is 2. The molecule has 2 unspecified atom stereocenters. The Labute approximate surface area is 208 Å². The van der Waals surface area contributed by atoms with Crippen molar-refractivity contribution >= 4 is 39.4 Å². The van der Waals surface area contributed by atoms with Crippen LogP contribution in [0.2, 0.25) is 0 Å². The number of piperidine rings is 1. The number of hydrogen-bond donors (Lipinski definition) is 2. The second-order valence-corrected chi connectivity index (χ2v) is 11.6. The van der Waals surface area contributed by atoms with Crippen molar-refractivity contribution in [1.29, 1.82) is 0 Å². The normalized spacial score (nSPS) is 22.8. The molecule has 0 aliphatic carbocycles. The third-order valence-corrected chi connectivity index (χ3v) is 9.27. The average Bonchev–Trinajstić information content (AvgIpc) is 2.97. The Balaban J connectivity index is 1.61. The smallest absolute Gasteiger partial charge is 0.326 e. The van der Waals surface area contributed by atoms with Crippen LogP contribution in [-0.2, 0) is 27.2 Å². The van der Waals surface area contributed by atoms with E-state index in [4.69, 9.17) is 0 Å². The predicted molar refractivity (Wildman–Crippen MR) is 137 cm³/mol. The van der Waals surface area contributed by atoms with Gasteiger partial charge in [-0.05, 0) is 42.4 Å². The Hall–Kier alpha value is -2.45. The van der Waals surface area contributed by atoms with Crippen LogP contribution in [0.1, 0.15) is 48.9 Å². The Bertz CT molecular complexity index is 1030. The minimum Gasteiger partial charge on any atom is -0.480 e. The number of aliphatic carboxylic acids is 1. The molecule has 34 heavy (non-hydrogen) atoms. The number of carboxylic acids is 1. The fraction of sp³-hybridized carbons (Fsp3) is 0.423. The molecule has 2 N–H and O–H groups in total. The summed E-state index contributed by atoms with van der Waals surface area (Å²) in [6.45, 7) is 2.05. The fourth-order valence-electron chi connectivity index (χ4n) is 4.91. The number of hydrogen-bond acceptors (Lipinski definition) is 5. The lowest BCUT2D eigenvalue weighted by Crippen LogP contribution is -2.56. The van der Waals surface area contributed by atoms with Gasteiger partial charge >= 0.3 is 5.97 Å². The van der Waals surface area contributed by atoms with E-state index in [1.54, 1.807) is 10.8 Å². The Kier molecular flexibility index (Phi) is 8.21. The number of fused-ring (bicyclic) bond motifs is 3. The molecular formula is C26H30N2O4S2. The molecule has 6 nitrogen and oxygen atoms in total. The highest BCUT2D eigenvalue weighted by molar-refractivity contribution is 8.77. The van der Waals surface area contributed by atoms with E-state index in [-0.39, 0.29) is 23.1 Å². The first-order valence-electron chi connectivity index (χ1n) is 11.7. The highest BCUT2D eigenvalue weighted by Crippen LogP contribution is 2.39. The number of carbonyl (C=O) groups is 3. The van der Waals surface area contributed by atoms with E-state index in [9.17, 15) is 19.5 Å². The molecule has 0 radical (unpaired) electrons. The summed E-state index contributed by atoms with van der Waals surface area (Å²) in [6.07, 6.45) is 2.84. The molecule has 2 aliphatic heterocycles. The second-order valence-electron chi connectivity index (χ2n) is 8.69. The Morgan fingerprint density at radius 2 is 1.85 bits per heavy atom. The van der Waals surface area contributed by atoms with Gasteiger partial charge < -0.3 is 15.3 Å². The first-order chi connectivity index (χ1) is 16.5. The minimum absolute atomic E-state index is 0.187. The zero-order valence-corrected chi connectivity index (χ0v) is 20.8. The van der Waals surface area contributed by atoms with Crippen LogP contribution >= 0.6 is 21.6 Å². The standard InChI is InChI=1S/C26H30N2O4S2/c1-2-33-34-23(15-17-9-4-3-5-10-17)24(29)27-20-16-18-11-6-7-12-19(18)21-13-8-14-22(26(31)32)28(21)25(20)30/h3-7,9-12,20-23H,2,8,13-16H2,1H3,(H,27,29)(H,31,32)/t20-,21?,22-,23?/m0/s1. The van der Waals surface area contributed by atoms with E-state index < -0.39 is 18.1 Å². The van der Waals surface area contributed by atoms with Crippen LogP contribution in [0.3, 0.4) is 0 Å². The largest absolute Gasteiger partial charge is 0.480 e. The third kappa shape index (κ3) is 5.44. The van der Waals surface area contributed by atoms with Gasteiger partial charge in [-0.25, -0.2) is 4.79 Å². The van der Waals surface area contributed by atoms with Crippen LogP contribution < -0.4 is 5.32 Å². The molecule has 0 saturated carbocycles. The summed E-state index contributed by atoms with van der Waals surface area (Å²) >= 11 is 0. The van der Waals surface area contributed by atoms with Crippen molar-refractivity contribution in [3.05, 3.63) is 71.3 Å². The zero-order chi connectivity index (χ0) is 24.1. The lowest BCUT2D eigenvalue weighted by molar-refractivity contribution is -0.156. The number of carboxylic acid groups (broad SMARTS) is 1. The van der Waals surface area contributed by atoms with Gasteiger partial charge in [-0.2, -0.15) is 0 Å². The number of amides is 2. The van der Waals surface area contributed by atoms with Gasteiger partial charge in [0.2, 0.25) is 11.8 Å². The maximum absolute atomic E-state index is 13.7. The Morgan fingerprint density at radius 1 is 1.12 bits per heavy atom. The molecule has 0 aromatic heterocycles. The summed E-state index contributed by atoms with van der Waals surface area (Å²) in [5.74, 6) is -0.602. The summed E-state index contributed by atoms with van der Waals surface area (Å²) in [5, 5.41) is 12.5. The van der Waals surface area contributed by atoms with Gasteiger partial charge in [0.1, 0.15) is 12.1 Å². The second kappa shape index (κ2) is 11.3. The summed E-state index contributed by atoms with van der Waals surface area (Å²) in [7, 11) is 3.14. The van der Waals surface area contributed by atoms with E-state index in [1.165, 1.54) is 15.7 Å². The van der Waals surface area contributed by atoms with Gasteiger partial charge in [-0.3, -0.25) is 9.59 Å². The molecule has 4 atom stereocenters. The molecule has 2 aromatic rings. The lowest BCUT2D eigenvalue weighted by Gasteiger charge is -2.40. The molecule has 2 aliphatic rings. The molecule has 0 spiro atoms. The first kappa shape index (κ1) is 24.7. The molecule has 1 fully saturated rings. The van der Waals surface area contributed by atoms with Gasteiger partial charge in [0.25, 0.3) is 0 Å². The predicted octanol–water partition coefficient (Wildman–Crippen LogP) is 4.25. The van der Waals surface area contributed by atoms with Gasteiger partial charge in [-0.1, -0.05) is 83.1 Å². The van der Waals surface area contributed by atoms with Gasteiger partial charge in [0, 0.05) is 12.2 Å². The fourth-order valence-corrected chi connectivity index (χ4v) is 7.00. The van der Waals surface area contributed by atoms with Crippen molar-refractivity contribution in [2.24, 2.45) is 0 Å². The molecule has 2 aromatic carbocycles. The Morgan fingerprint density at radius 3 is 2.59 bits per heavy atom. The van der Waals surface area contributed by atoms with Gasteiger partial charge in [0.05, 0.1) is 11.3 Å². The minimum atomic E-state index is -0.987. The molecule has 0 bridgehead atoms. The van der Waals surface area contributed by atoms with Crippen molar-refractivity contribution in [3.63, 3.8) is 0 Å². The topological polar surface area (TPSA) is 86.7 Å². The van der Waals surface area contributed by atoms with Crippen molar-refractivity contribution in [2.75, 3.05) is 5.75 Å². The first-order valence-corrected chi connectivity index (χ1v) is 14.1. The maximum Gasteiger partial charge on any atom is 0.326 e. The number of nitrogens with one attached hydrogen (secondary N) is 1. The quantitative estimate of drug-likeness (QED) is 0.530. The van der Waals surface area contributed by atoms with Gasteiger partial charge in [0.15, 0.2) is 0 Å². The molecule has 8 heteroatoms. The molecule has 1 saturated heterocycles. The van der Waals surface area contributed by atoms with E-state index in [0.717, 1.165) is 35.3 Å². The van der Waals surface area contributed by atoms with Gasteiger partial charge in [-0.15, -0.1) is 0 Å². The van der Waals surface area contributed by atoms with E-state index in [2.05, 4.69) is 5.32 Å². The summed E-state index contributed by atoms with van der Waals surface area (Å²) in [4.78, 5) is 40.7. The number of nitrogens with zero attached hydrogens (tertiary/aromatic N) is 1. The summed E-state index contributed by atoms with van der Waals surface area (Å²) in [6, 6.07) is 15.8. The van der Waals surface area contributed by atoms with E-state index in [1.807, 2.05) is 61.5 Å². The van der Waals surface area contributed by atoms with Crippen LogP contribution in [0, 0.1) is 0 Å². The SMILES string of the molecule is CCSSC(Cc1ccccc1)C(=O)N[C@H]1Cc2ccccc2C2CCC[C@@H](C(=O)O)N2C1=O. The highest BCUT2D eigenvalue weighted by Gasteiger charge is 2.44. The van der Waals surface area contributed by atoms with Crippen molar-refractivity contribution < 1.29 is 19.5 Å². The molecule has 180 valence electrons. The van der Waals surface area contributed by atoms with Crippen LogP contribution in [-0.4, -0.2) is 50.9 Å². The van der Waals surface area contributed by atoms with E-state index in [0.29, 0.717) is 19.3 Å². The van der Waals surface area contributed by atoms with E-state index >= 15 is 0 Å². The number of rotatable bonds is 8. The highest BCUT2D eigenvalue weighted by atomic mass is 33.1. The van der Waals surface area contributed by atoms with Crippen LogP contribution in [0.5, 0.6) is 0 Å². The van der Waals surface area contributed by atoms with Crippen molar-refractivity contribution in [3.8, 4) is 0 Å². The molecule has 2 amide bonds. The zero-order valence-electron chi connectivity index (χ0n) is 19.2. The maximum atomic E-state index is 13.7. The molecule has 4 rings (SSSR count). The molecular weight excluding hydrogens is 468 g/mol. The van der Waals surface area contributed by atoms with Crippen LogP contribution in [0.4, 0.5) is 0 Å². The van der Waals surface area contributed by atoms with Crippen molar-refractivity contribution in [2.45, 2.75) is 62.4 Å². The van der Waals surface area contributed by atoms with Crippen LogP contribution in [0.15, 0.2) is 54.6 Å². The van der Waals surface area contributed by atoms with Crippen LogP contribution in [0.25, 0.3) is 0 Å². The monoisotopic (exact) mass is 498 g/mol. The molecule has 2 heterocycles. The average molecular weight is 499 g/mol. The summed E-state index contributed by atoms with van der Waals surface area (Å²) in [5.41, 5.74) is 3.05. The van der Waals surface area contributed by atoms with Crippen molar-refractivity contribution in [1.82, 2.24) is 10.2 Å². The summed E-state index contributed by atoms with van der Waals surface area (Å²) < 4.78 is 0. The lowest BCUT2D eigenvalue weighted by atomic mass is 9.89.